The van der Waals surface area contributed by atoms with Crippen molar-refractivity contribution in [3.63, 3.8) is 0 Å². The fourth-order valence-electron chi connectivity index (χ4n) is 0.909. The van der Waals surface area contributed by atoms with Crippen molar-refractivity contribution in [2.24, 2.45) is 0 Å². The summed E-state index contributed by atoms with van der Waals surface area (Å²) in [5, 5.41) is 16.8. The maximum absolute atomic E-state index is 8.43. The van der Waals surface area contributed by atoms with Gasteiger partial charge >= 0.3 is 0 Å². The number of nitrogens with zero attached hydrogens (tertiary/aromatic N) is 2. The second-order valence-corrected chi connectivity index (χ2v) is 3.36. The van der Waals surface area contributed by atoms with Gasteiger partial charge in [-0.1, -0.05) is 12.1 Å². The van der Waals surface area contributed by atoms with Crippen LogP contribution in [0.3, 0.4) is 0 Å². The summed E-state index contributed by atoms with van der Waals surface area (Å²) in [5.74, 6) is 1.04. The normalized spacial score (nSPS) is 8.71. The highest BCUT2D eigenvalue weighted by Crippen LogP contribution is 2.28. The molecule has 0 bridgehead atoms. The van der Waals surface area contributed by atoms with Crippen LogP contribution < -0.4 is 4.74 Å². The first kappa shape index (κ1) is 10.4. The maximum Gasteiger partial charge on any atom is 0.174 e. The van der Waals surface area contributed by atoms with Crippen LogP contribution in [0.15, 0.2) is 29.2 Å². The van der Waals surface area contributed by atoms with Gasteiger partial charge in [-0.15, -0.1) is 11.8 Å². The van der Waals surface area contributed by atoms with E-state index >= 15 is 0 Å². The molecule has 0 aliphatic carbocycles. The van der Waals surface area contributed by atoms with Crippen LogP contribution in [-0.2, 0) is 0 Å². The molecule has 0 atom stereocenters. The average molecular weight is 204 g/mol. The largest absolute Gasteiger partial charge is 0.478 e. The van der Waals surface area contributed by atoms with Gasteiger partial charge in [0, 0.05) is 0 Å². The first-order chi connectivity index (χ1) is 6.88. The molecule has 0 aliphatic heterocycles. The molecule has 0 N–H and O–H groups in total. The molecule has 3 nitrogen and oxygen atoms in total. The quantitative estimate of drug-likeness (QED) is 0.705. The standard InChI is InChI=1S/C10H8N2OS/c11-5-7-13-9-3-1-2-4-10(9)14-8-6-12/h1-4H,7-8H2. The molecule has 0 radical (unpaired) electrons. The molecule has 0 aliphatic rings. The molecule has 0 heterocycles. The Labute approximate surface area is 86.9 Å². The van der Waals surface area contributed by atoms with Crippen LogP contribution in [0.2, 0.25) is 0 Å². The summed E-state index contributed by atoms with van der Waals surface area (Å²) in [4.78, 5) is 0.893. The van der Waals surface area contributed by atoms with Gasteiger partial charge in [0.15, 0.2) is 6.61 Å². The molecule has 1 aromatic rings. The van der Waals surface area contributed by atoms with Crippen molar-refractivity contribution in [2.75, 3.05) is 12.4 Å². The van der Waals surface area contributed by atoms with Crippen molar-refractivity contribution in [3.05, 3.63) is 24.3 Å². The SMILES string of the molecule is N#CCOc1ccccc1SCC#N. The van der Waals surface area contributed by atoms with Crippen molar-refractivity contribution in [3.8, 4) is 17.9 Å². The molecular weight excluding hydrogens is 196 g/mol. The van der Waals surface area contributed by atoms with Crippen molar-refractivity contribution >= 4 is 11.8 Å². The highest BCUT2D eigenvalue weighted by molar-refractivity contribution is 7.99. The van der Waals surface area contributed by atoms with E-state index in [1.807, 2.05) is 30.3 Å². The van der Waals surface area contributed by atoms with Crippen molar-refractivity contribution < 1.29 is 4.74 Å². The van der Waals surface area contributed by atoms with E-state index in [4.69, 9.17) is 15.3 Å². The van der Waals surface area contributed by atoms with Crippen molar-refractivity contribution in [1.29, 1.82) is 10.5 Å². The van der Waals surface area contributed by atoms with Crippen LogP contribution in [0, 0.1) is 22.7 Å². The highest BCUT2D eigenvalue weighted by Gasteiger charge is 2.02. The van der Waals surface area contributed by atoms with Crippen LogP contribution >= 0.6 is 11.8 Å². The van der Waals surface area contributed by atoms with E-state index in [0.717, 1.165) is 4.90 Å². The summed E-state index contributed by atoms with van der Waals surface area (Å²) in [5.41, 5.74) is 0. The Bertz CT molecular complexity index is 341. The molecule has 0 aromatic heterocycles. The van der Waals surface area contributed by atoms with E-state index in [2.05, 4.69) is 0 Å². The molecule has 1 aromatic carbocycles. The minimum atomic E-state index is 0.0319. The number of nitriles is 2. The lowest BCUT2D eigenvalue weighted by Crippen LogP contribution is -1.94. The Kier molecular flexibility index (Phi) is 4.40. The summed E-state index contributed by atoms with van der Waals surface area (Å²) in [6.07, 6.45) is 0. The summed E-state index contributed by atoms with van der Waals surface area (Å²) >= 11 is 1.40. The van der Waals surface area contributed by atoms with Gasteiger partial charge in [-0.25, -0.2) is 0 Å². The van der Waals surface area contributed by atoms with Gasteiger partial charge in [0.05, 0.1) is 16.7 Å². The maximum atomic E-state index is 8.43. The Morgan fingerprint density at radius 1 is 1.21 bits per heavy atom. The van der Waals surface area contributed by atoms with Gasteiger partial charge in [-0.05, 0) is 12.1 Å². The van der Waals surface area contributed by atoms with E-state index in [9.17, 15) is 0 Å². The van der Waals surface area contributed by atoms with Gasteiger partial charge in [-0.3, -0.25) is 0 Å². The lowest BCUT2D eigenvalue weighted by molar-refractivity contribution is 0.359. The Hall–Kier alpha value is -1.65. The number of ether oxygens (including phenoxy) is 1. The summed E-state index contributed by atoms with van der Waals surface area (Å²) in [7, 11) is 0. The molecule has 0 amide bonds. The van der Waals surface area contributed by atoms with Crippen molar-refractivity contribution in [1.82, 2.24) is 0 Å². The highest BCUT2D eigenvalue weighted by atomic mass is 32.2. The van der Waals surface area contributed by atoms with E-state index < -0.39 is 0 Å². The van der Waals surface area contributed by atoms with Crippen molar-refractivity contribution in [2.45, 2.75) is 4.90 Å². The molecular formula is C10H8N2OS. The third kappa shape index (κ3) is 3.01. The minimum Gasteiger partial charge on any atom is -0.478 e. The van der Waals surface area contributed by atoms with E-state index in [1.165, 1.54) is 11.8 Å². The van der Waals surface area contributed by atoms with Crippen LogP contribution in [-0.4, -0.2) is 12.4 Å². The summed E-state index contributed by atoms with van der Waals surface area (Å²) in [6, 6.07) is 11.3. The Morgan fingerprint density at radius 3 is 2.71 bits per heavy atom. The molecule has 1 rings (SSSR count). The van der Waals surface area contributed by atoms with Crippen LogP contribution in [0.1, 0.15) is 0 Å². The zero-order chi connectivity index (χ0) is 10.2. The fraction of sp³-hybridized carbons (Fsp3) is 0.200. The van der Waals surface area contributed by atoms with E-state index in [-0.39, 0.29) is 6.61 Å². The van der Waals surface area contributed by atoms with E-state index in [1.54, 1.807) is 6.07 Å². The number of benzene rings is 1. The number of thioether (sulfide) groups is 1. The zero-order valence-electron chi connectivity index (χ0n) is 7.43. The third-order valence-corrected chi connectivity index (χ3v) is 2.36. The molecule has 0 unspecified atom stereocenters. The predicted octanol–water partition coefficient (Wildman–Crippen LogP) is 2.20. The Morgan fingerprint density at radius 2 is 2.00 bits per heavy atom. The van der Waals surface area contributed by atoms with Crippen LogP contribution in [0.25, 0.3) is 0 Å². The fourth-order valence-corrected chi connectivity index (χ4v) is 1.57. The second kappa shape index (κ2) is 5.90. The molecule has 0 spiro atoms. The van der Waals surface area contributed by atoms with Crippen LogP contribution in [0.4, 0.5) is 0 Å². The topological polar surface area (TPSA) is 56.8 Å². The third-order valence-electron chi connectivity index (χ3n) is 1.43. The number of hydrogen-bond acceptors (Lipinski definition) is 4. The van der Waals surface area contributed by atoms with Crippen LogP contribution in [0.5, 0.6) is 5.75 Å². The molecule has 0 saturated heterocycles. The zero-order valence-corrected chi connectivity index (χ0v) is 8.25. The smallest absolute Gasteiger partial charge is 0.174 e. The minimum absolute atomic E-state index is 0.0319. The first-order valence-corrected chi connectivity index (χ1v) is 4.95. The summed E-state index contributed by atoms with van der Waals surface area (Å²) < 4.78 is 5.19. The van der Waals surface area contributed by atoms with Gasteiger partial charge < -0.3 is 4.74 Å². The molecule has 0 fully saturated rings. The molecule has 14 heavy (non-hydrogen) atoms. The number of para-hydroxylation sites is 1. The lowest BCUT2D eigenvalue weighted by atomic mass is 10.3. The first-order valence-electron chi connectivity index (χ1n) is 3.97. The Balaban J connectivity index is 2.71. The average Bonchev–Trinajstić information content (AvgIpc) is 2.24. The number of hydrogen-bond donors (Lipinski definition) is 0. The van der Waals surface area contributed by atoms with Gasteiger partial charge in [0.25, 0.3) is 0 Å². The van der Waals surface area contributed by atoms with Gasteiger partial charge in [0.1, 0.15) is 11.8 Å². The lowest BCUT2D eigenvalue weighted by Gasteiger charge is -2.06. The predicted molar refractivity (Wildman–Crippen MR) is 53.9 cm³/mol. The second-order valence-electron chi connectivity index (χ2n) is 2.34. The molecule has 4 heteroatoms. The summed E-state index contributed by atoms with van der Waals surface area (Å²) in [6.45, 7) is 0.0319. The van der Waals surface area contributed by atoms with Gasteiger partial charge in [-0.2, -0.15) is 10.5 Å². The monoisotopic (exact) mass is 204 g/mol. The molecule has 0 saturated carbocycles. The van der Waals surface area contributed by atoms with E-state index in [0.29, 0.717) is 11.5 Å². The number of rotatable bonds is 4. The molecule has 70 valence electrons. The van der Waals surface area contributed by atoms with Gasteiger partial charge in [0.2, 0.25) is 0 Å².